The first-order valence-corrected chi connectivity index (χ1v) is 8.85. The minimum atomic E-state index is -0.289. The van der Waals surface area contributed by atoms with Crippen LogP contribution in [0.5, 0.6) is 0 Å². The van der Waals surface area contributed by atoms with Gasteiger partial charge in [-0.3, -0.25) is 0 Å². The summed E-state index contributed by atoms with van der Waals surface area (Å²) >= 11 is 1.59. The molecule has 2 heterocycles. The molecule has 0 saturated carbocycles. The quantitative estimate of drug-likeness (QED) is 0.663. The summed E-state index contributed by atoms with van der Waals surface area (Å²) in [5, 5.41) is 10.5. The molecule has 1 fully saturated rings. The summed E-state index contributed by atoms with van der Waals surface area (Å²) in [5.41, 5.74) is 8.49. The maximum atomic E-state index is 9.84. The molecule has 0 unspecified atom stereocenters. The fraction of sp³-hybridized carbons (Fsp3) is 0.412. The third kappa shape index (κ3) is 4.14. The second kappa shape index (κ2) is 7.19. The molecule has 0 spiro atoms. The van der Waals surface area contributed by atoms with E-state index in [2.05, 4.69) is 33.9 Å². The smallest absolute Gasteiger partial charge is 0.191 e. The van der Waals surface area contributed by atoms with Gasteiger partial charge in [0, 0.05) is 24.9 Å². The number of aryl methyl sites for hydroxylation is 1. The van der Waals surface area contributed by atoms with Crippen LogP contribution in [-0.4, -0.2) is 34.3 Å². The molecular weight excluding hydrogens is 308 g/mol. The third-order valence-electron chi connectivity index (χ3n) is 4.05. The third-order valence-corrected chi connectivity index (χ3v) is 4.95. The second-order valence-corrected chi connectivity index (χ2v) is 6.83. The van der Waals surface area contributed by atoms with Crippen molar-refractivity contribution in [2.24, 2.45) is 0 Å². The van der Waals surface area contributed by atoms with Crippen molar-refractivity contribution in [1.29, 1.82) is 0 Å². The van der Waals surface area contributed by atoms with Crippen molar-refractivity contribution in [2.75, 3.05) is 23.7 Å². The molecule has 1 aliphatic rings. The number of nitrogens with two attached hydrogens (primary N) is 1. The van der Waals surface area contributed by atoms with E-state index in [1.165, 1.54) is 11.1 Å². The van der Waals surface area contributed by atoms with Crippen molar-refractivity contribution < 1.29 is 5.11 Å². The van der Waals surface area contributed by atoms with Gasteiger partial charge in [-0.1, -0.05) is 36.0 Å². The molecule has 1 aromatic heterocycles. The number of thioether (sulfide) groups is 1. The van der Waals surface area contributed by atoms with Crippen molar-refractivity contribution in [3.63, 3.8) is 0 Å². The molecule has 23 heavy (non-hydrogen) atoms. The molecule has 122 valence electrons. The lowest BCUT2D eigenvalue weighted by Crippen LogP contribution is -2.38. The number of hydrogen-bond donors (Lipinski definition) is 2. The van der Waals surface area contributed by atoms with Crippen LogP contribution in [0.4, 0.5) is 11.6 Å². The molecule has 2 aromatic rings. The van der Waals surface area contributed by atoms with Gasteiger partial charge in [-0.15, -0.1) is 0 Å². The van der Waals surface area contributed by atoms with Crippen molar-refractivity contribution in [2.45, 2.75) is 36.8 Å². The first-order chi connectivity index (χ1) is 11.1. The Kier molecular flexibility index (Phi) is 5.03. The van der Waals surface area contributed by atoms with Crippen LogP contribution < -0.4 is 10.6 Å². The van der Waals surface area contributed by atoms with E-state index in [0.717, 1.165) is 31.0 Å². The summed E-state index contributed by atoms with van der Waals surface area (Å²) < 4.78 is 0. The molecule has 1 aromatic carbocycles. The zero-order chi connectivity index (χ0) is 16.2. The predicted octanol–water partition coefficient (Wildman–Crippen LogP) is 2.62. The Morgan fingerprint density at radius 1 is 1.35 bits per heavy atom. The standard InChI is InChI=1S/C17H22N4OS/c1-12-5-2-3-6-13(12)11-23-17-19-15(18)9-16(20-17)21-8-4-7-14(22)10-21/h2-3,5-6,9,14,22H,4,7-8,10-11H2,1H3,(H2,18,19,20)/t14-/m0/s1. The Morgan fingerprint density at radius 2 is 2.17 bits per heavy atom. The number of benzene rings is 1. The first-order valence-electron chi connectivity index (χ1n) is 7.86. The number of nitrogens with zero attached hydrogens (tertiary/aromatic N) is 3. The number of hydrogen-bond acceptors (Lipinski definition) is 6. The van der Waals surface area contributed by atoms with Gasteiger partial charge in [0.2, 0.25) is 0 Å². The lowest BCUT2D eigenvalue weighted by atomic mass is 10.1. The summed E-state index contributed by atoms with van der Waals surface area (Å²) in [4.78, 5) is 11.0. The van der Waals surface area contributed by atoms with Gasteiger partial charge < -0.3 is 15.7 Å². The maximum Gasteiger partial charge on any atom is 0.191 e. The van der Waals surface area contributed by atoms with Crippen LogP contribution in [0.2, 0.25) is 0 Å². The largest absolute Gasteiger partial charge is 0.391 e. The van der Waals surface area contributed by atoms with Gasteiger partial charge >= 0.3 is 0 Å². The van der Waals surface area contributed by atoms with Gasteiger partial charge in [0.25, 0.3) is 0 Å². The minimum Gasteiger partial charge on any atom is -0.391 e. The molecule has 1 atom stereocenters. The van der Waals surface area contributed by atoms with E-state index in [4.69, 9.17) is 5.73 Å². The molecule has 1 saturated heterocycles. The summed E-state index contributed by atoms with van der Waals surface area (Å²) in [6, 6.07) is 10.1. The molecule has 0 aliphatic carbocycles. The lowest BCUT2D eigenvalue weighted by Gasteiger charge is -2.31. The van der Waals surface area contributed by atoms with E-state index in [1.807, 2.05) is 12.1 Å². The zero-order valence-corrected chi connectivity index (χ0v) is 14.1. The zero-order valence-electron chi connectivity index (χ0n) is 13.3. The monoisotopic (exact) mass is 330 g/mol. The Hall–Kier alpha value is -1.79. The number of aliphatic hydroxyl groups excluding tert-OH is 1. The van der Waals surface area contributed by atoms with Crippen LogP contribution in [-0.2, 0) is 5.75 Å². The molecule has 1 aliphatic heterocycles. The second-order valence-electron chi connectivity index (χ2n) is 5.89. The van der Waals surface area contributed by atoms with Crippen molar-refractivity contribution >= 4 is 23.4 Å². The van der Waals surface area contributed by atoms with E-state index >= 15 is 0 Å². The number of aliphatic hydroxyl groups is 1. The molecular formula is C17H22N4OS. The highest BCUT2D eigenvalue weighted by Crippen LogP contribution is 2.26. The molecule has 0 bridgehead atoms. The van der Waals surface area contributed by atoms with Crippen molar-refractivity contribution in [3.05, 3.63) is 41.5 Å². The van der Waals surface area contributed by atoms with Gasteiger partial charge in [0.05, 0.1) is 6.10 Å². The van der Waals surface area contributed by atoms with Gasteiger partial charge in [-0.2, -0.15) is 0 Å². The summed E-state index contributed by atoms with van der Waals surface area (Å²) in [6.45, 7) is 3.62. The Bertz CT molecular complexity index is 679. The van der Waals surface area contributed by atoms with E-state index in [1.54, 1.807) is 17.8 Å². The molecule has 6 heteroatoms. The Morgan fingerprint density at radius 3 is 2.96 bits per heavy atom. The van der Waals surface area contributed by atoms with Gasteiger partial charge in [0.15, 0.2) is 5.16 Å². The SMILES string of the molecule is Cc1ccccc1CSc1nc(N)cc(N2CCC[C@H](O)C2)n1. The van der Waals surface area contributed by atoms with E-state index in [-0.39, 0.29) is 6.10 Å². The van der Waals surface area contributed by atoms with Gasteiger partial charge in [-0.05, 0) is 30.9 Å². The van der Waals surface area contributed by atoms with Crippen LogP contribution in [0.15, 0.2) is 35.5 Å². The molecule has 0 amide bonds. The molecule has 3 N–H and O–H groups in total. The number of piperidine rings is 1. The fourth-order valence-electron chi connectivity index (χ4n) is 2.73. The fourth-order valence-corrected chi connectivity index (χ4v) is 3.67. The van der Waals surface area contributed by atoms with E-state index in [0.29, 0.717) is 17.5 Å². The number of rotatable bonds is 4. The van der Waals surface area contributed by atoms with Crippen molar-refractivity contribution in [3.8, 4) is 0 Å². The van der Waals surface area contributed by atoms with Crippen LogP contribution in [0.25, 0.3) is 0 Å². The van der Waals surface area contributed by atoms with E-state index in [9.17, 15) is 5.11 Å². The highest BCUT2D eigenvalue weighted by Gasteiger charge is 2.20. The van der Waals surface area contributed by atoms with Crippen LogP contribution in [0.1, 0.15) is 24.0 Å². The number of aromatic nitrogens is 2. The molecule has 3 rings (SSSR count). The van der Waals surface area contributed by atoms with Gasteiger partial charge in [0.1, 0.15) is 11.6 Å². The van der Waals surface area contributed by atoms with Crippen LogP contribution in [0.3, 0.4) is 0 Å². The Balaban J connectivity index is 1.74. The highest BCUT2D eigenvalue weighted by molar-refractivity contribution is 7.98. The lowest BCUT2D eigenvalue weighted by molar-refractivity contribution is 0.154. The van der Waals surface area contributed by atoms with E-state index < -0.39 is 0 Å². The maximum absolute atomic E-state index is 9.84. The minimum absolute atomic E-state index is 0.289. The first kappa shape index (κ1) is 16.1. The topological polar surface area (TPSA) is 75.3 Å². The van der Waals surface area contributed by atoms with Crippen LogP contribution >= 0.6 is 11.8 Å². The summed E-state index contributed by atoms with van der Waals surface area (Å²) in [5.74, 6) is 2.10. The molecule has 0 radical (unpaired) electrons. The number of nitrogen functional groups attached to an aromatic ring is 1. The number of β-amino-alcohol motifs (C(OH)–C–C–N with tert-alkyl or cyclic N) is 1. The normalized spacial score (nSPS) is 18.2. The van der Waals surface area contributed by atoms with Crippen LogP contribution in [0, 0.1) is 6.92 Å². The number of anilines is 2. The highest BCUT2D eigenvalue weighted by atomic mass is 32.2. The molecule has 5 nitrogen and oxygen atoms in total. The van der Waals surface area contributed by atoms with Gasteiger partial charge in [-0.25, -0.2) is 9.97 Å². The Labute approximate surface area is 140 Å². The average Bonchev–Trinajstić information content (AvgIpc) is 2.54. The van der Waals surface area contributed by atoms with Crippen molar-refractivity contribution in [1.82, 2.24) is 9.97 Å². The summed E-state index contributed by atoms with van der Waals surface area (Å²) in [7, 11) is 0. The average molecular weight is 330 g/mol. The summed E-state index contributed by atoms with van der Waals surface area (Å²) in [6.07, 6.45) is 1.53. The predicted molar refractivity (Wildman–Crippen MR) is 94.6 cm³/mol.